The fraction of sp³-hybridized carbons (Fsp3) is 0.938. The zero-order valence-corrected chi connectivity index (χ0v) is 13.2. The summed E-state index contributed by atoms with van der Waals surface area (Å²) in [5, 5.41) is 3.40. The molecule has 4 nitrogen and oxygen atoms in total. The van der Waals surface area contributed by atoms with E-state index in [0.717, 1.165) is 25.8 Å². The largest absolute Gasteiger partial charge is 0.368 e. The van der Waals surface area contributed by atoms with Crippen molar-refractivity contribution in [1.82, 2.24) is 10.2 Å². The van der Waals surface area contributed by atoms with Gasteiger partial charge in [0.25, 0.3) is 0 Å². The summed E-state index contributed by atoms with van der Waals surface area (Å²) >= 11 is 0. The molecule has 3 atom stereocenters. The minimum Gasteiger partial charge on any atom is -0.368 e. The van der Waals surface area contributed by atoms with Crippen LogP contribution in [0.3, 0.4) is 0 Å². The van der Waals surface area contributed by atoms with Crippen LogP contribution >= 0.6 is 0 Å². The highest BCUT2D eigenvalue weighted by Crippen LogP contribution is 2.33. The highest BCUT2D eigenvalue weighted by atomic mass is 16.1. The van der Waals surface area contributed by atoms with E-state index in [1.54, 1.807) is 0 Å². The molecule has 1 aliphatic carbocycles. The Morgan fingerprint density at radius 3 is 2.80 bits per heavy atom. The Morgan fingerprint density at radius 1 is 1.30 bits per heavy atom. The molecule has 2 fully saturated rings. The molecule has 1 aliphatic heterocycles. The maximum Gasteiger partial charge on any atom is 0.237 e. The van der Waals surface area contributed by atoms with E-state index >= 15 is 0 Å². The van der Waals surface area contributed by atoms with Gasteiger partial charge >= 0.3 is 0 Å². The predicted molar refractivity (Wildman–Crippen MR) is 82.5 cm³/mol. The number of primary amides is 1. The van der Waals surface area contributed by atoms with Crippen molar-refractivity contribution in [2.75, 3.05) is 13.1 Å². The Balaban J connectivity index is 2.09. The molecule has 0 aromatic heterocycles. The third kappa shape index (κ3) is 3.34. The van der Waals surface area contributed by atoms with Crippen molar-refractivity contribution in [2.45, 2.75) is 82.8 Å². The Hall–Kier alpha value is -0.610. The van der Waals surface area contributed by atoms with Crippen molar-refractivity contribution in [3.63, 3.8) is 0 Å². The van der Waals surface area contributed by atoms with E-state index in [4.69, 9.17) is 5.73 Å². The minimum absolute atomic E-state index is 0.161. The van der Waals surface area contributed by atoms with Crippen LogP contribution < -0.4 is 11.1 Å². The monoisotopic (exact) mass is 281 g/mol. The molecule has 1 amide bonds. The molecule has 0 radical (unpaired) electrons. The number of amides is 1. The Labute approximate surface area is 123 Å². The quantitative estimate of drug-likeness (QED) is 0.829. The highest BCUT2D eigenvalue weighted by Gasteiger charge is 2.42. The molecular weight excluding hydrogens is 250 g/mol. The van der Waals surface area contributed by atoms with E-state index in [2.05, 4.69) is 24.1 Å². The van der Waals surface area contributed by atoms with Crippen LogP contribution in [0.15, 0.2) is 0 Å². The van der Waals surface area contributed by atoms with Crippen LogP contribution in [0.4, 0.5) is 0 Å². The predicted octanol–water partition coefficient (Wildman–Crippen LogP) is 2.03. The Bertz CT molecular complexity index is 330. The molecule has 1 saturated carbocycles. The summed E-state index contributed by atoms with van der Waals surface area (Å²) in [6, 6.07) is 1.16. The normalized spacial score (nSPS) is 36.5. The molecule has 0 bridgehead atoms. The number of carbonyl (C=O) groups is 1. The first-order valence-corrected chi connectivity index (χ1v) is 8.40. The summed E-state index contributed by atoms with van der Waals surface area (Å²) in [6.07, 6.45) is 9.39. The second-order valence-electron chi connectivity index (χ2n) is 6.66. The SMILES string of the molecule is CCNC1(C(N)=O)CCCC(N2CCCCCC2C)C1. The van der Waals surface area contributed by atoms with Crippen LogP contribution in [0.5, 0.6) is 0 Å². The smallest absolute Gasteiger partial charge is 0.237 e. The number of hydrogen-bond donors (Lipinski definition) is 2. The van der Waals surface area contributed by atoms with Crippen LogP contribution in [0.25, 0.3) is 0 Å². The average molecular weight is 281 g/mol. The van der Waals surface area contributed by atoms with Crippen LogP contribution in [0.2, 0.25) is 0 Å². The number of hydrogen-bond acceptors (Lipinski definition) is 3. The number of carbonyl (C=O) groups excluding carboxylic acids is 1. The van der Waals surface area contributed by atoms with Crippen molar-refractivity contribution in [2.24, 2.45) is 5.73 Å². The summed E-state index contributed by atoms with van der Waals surface area (Å²) in [6.45, 7) is 6.40. The van der Waals surface area contributed by atoms with Gasteiger partial charge in [-0.3, -0.25) is 9.69 Å². The van der Waals surface area contributed by atoms with E-state index in [0.29, 0.717) is 12.1 Å². The van der Waals surface area contributed by atoms with Crippen molar-refractivity contribution in [3.8, 4) is 0 Å². The van der Waals surface area contributed by atoms with Gasteiger partial charge in [-0.25, -0.2) is 0 Å². The second kappa shape index (κ2) is 6.90. The Morgan fingerprint density at radius 2 is 2.10 bits per heavy atom. The first-order valence-electron chi connectivity index (χ1n) is 8.40. The minimum atomic E-state index is -0.469. The summed E-state index contributed by atoms with van der Waals surface area (Å²) in [4.78, 5) is 14.6. The molecular formula is C16H31N3O. The van der Waals surface area contributed by atoms with E-state index in [1.807, 2.05) is 0 Å². The van der Waals surface area contributed by atoms with E-state index in [9.17, 15) is 4.79 Å². The zero-order chi connectivity index (χ0) is 14.6. The van der Waals surface area contributed by atoms with E-state index in [1.165, 1.54) is 38.6 Å². The van der Waals surface area contributed by atoms with Gasteiger partial charge in [0, 0.05) is 12.1 Å². The van der Waals surface area contributed by atoms with Crippen LogP contribution in [0, 0.1) is 0 Å². The maximum absolute atomic E-state index is 12.0. The van der Waals surface area contributed by atoms with Gasteiger partial charge in [0.2, 0.25) is 5.91 Å². The lowest BCUT2D eigenvalue weighted by atomic mass is 9.77. The van der Waals surface area contributed by atoms with Crippen LogP contribution in [0.1, 0.15) is 65.2 Å². The third-order valence-electron chi connectivity index (χ3n) is 5.29. The van der Waals surface area contributed by atoms with Crippen LogP contribution in [-0.2, 0) is 4.79 Å². The molecule has 2 aliphatic rings. The molecule has 0 aromatic rings. The standard InChI is InChI=1S/C16H31N3O/c1-3-18-16(15(17)20)10-7-9-14(12-16)19-11-6-4-5-8-13(19)2/h13-14,18H,3-12H2,1-2H3,(H2,17,20). The van der Waals surface area contributed by atoms with E-state index in [-0.39, 0.29) is 5.91 Å². The van der Waals surface area contributed by atoms with Gasteiger partial charge in [-0.2, -0.15) is 0 Å². The van der Waals surface area contributed by atoms with Gasteiger partial charge in [0.05, 0.1) is 5.54 Å². The molecule has 0 aromatic carbocycles. The van der Waals surface area contributed by atoms with Crippen molar-refractivity contribution in [1.29, 1.82) is 0 Å². The fourth-order valence-corrected chi connectivity index (χ4v) is 4.18. The number of nitrogens with two attached hydrogens (primary N) is 1. The molecule has 116 valence electrons. The maximum atomic E-state index is 12.0. The number of likely N-dealkylation sites (tertiary alicyclic amines) is 1. The Kier molecular flexibility index (Phi) is 5.44. The summed E-state index contributed by atoms with van der Waals surface area (Å²) in [7, 11) is 0. The van der Waals surface area contributed by atoms with Gasteiger partial charge in [-0.1, -0.05) is 19.8 Å². The van der Waals surface area contributed by atoms with Gasteiger partial charge in [0.1, 0.15) is 0 Å². The molecule has 1 heterocycles. The number of likely N-dealkylation sites (N-methyl/N-ethyl adjacent to an activating group) is 1. The first-order chi connectivity index (χ1) is 9.59. The zero-order valence-electron chi connectivity index (χ0n) is 13.2. The van der Waals surface area contributed by atoms with Gasteiger partial charge in [-0.15, -0.1) is 0 Å². The summed E-state index contributed by atoms with van der Waals surface area (Å²) < 4.78 is 0. The molecule has 4 heteroatoms. The molecule has 20 heavy (non-hydrogen) atoms. The topological polar surface area (TPSA) is 58.4 Å². The number of nitrogens with one attached hydrogen (secondary N) is 1. The van der Waals surface area contributed by atoms with Gasteiger partial charge in [0.15, 0.2) is 0 Å². The fourth-order valence-electron chi connectivity index (χ4n) is 4.18. The van der Waals surface area contributed by atoms with Crippen molar-refractivity contribution < 1.29 is 4.79 Å². The molecule has 1 saturated heterocycles. The number of nitrogens with zero attached hydrogens (tertiary/aromatic N) is 1. The number of rotatable bonds is 4. The average Bonchev–Trinajstić information content (AvgIpc) is 2.64. The lowest BCUT2D eigenvalue weighted by Crippen LogP contribution is -2.61. The third-order valence-corrected chi connectivity index (χ3v) is 5.29. The van der Waals surface area contributed by atoms with Crippen molar-refractivity contribution in [3.05, 3.63) is 0 Å². The molecule has 3 N–H and O–H groups in total. The van der Waals surface area contributed by atoms with Gasteiger partial charge in [-0.05, 0) is 58.5 Å². The van der Waals surface area contributed by atoms with Crippen molar-refractivity contribution >= 4 is 5.91 Å². The summed E-state index contributed by atoms with van der Waals surface area (Å²) in [5.41, 5.74) is 5.26. The molecule has 0 spiro atoms. The highest BCUT2D eigenvalue weighted by molar-refractivity contribution is 5.84. The summed E-state index contributed by atoms with van der Waals surface area (Å²) in [5.74, 6) is -0.161. The van der Waals surface area contributed by atoms with Crippen LogP contribution in [-0.4, -0.2) is 41.5 Å². The lowest BCUT2D eigenvalue weighted by Gasteiger charge is -2.45. The van der Waals surface area contributed by atoms with Gasteiger partial charge < -0.3 is 11.1 Å². The first kappa shape index (κ1) is 15.8. The van der Waals surface area contributed by atoms with E-state index < -0.39 is 5.54 Å². The second-order valence-corrected chi connectivity index (χ2v) is 6.66. The lowest BCUT2D eigenvalue weighted by molar-refractivity contribution is -0.127. The molecule has 2 rings (SSSR count). The molecule has 3 unspecified atom stereocenters.